The third-order valence-corrected chi connectivity index (χ3v) is 6.59. The minimum atomic E-state index is -0.565. The summed E-state index contributed by atoms with van der Waals surface area (Å²) in [6.45, 7) is 0. The Morgan fingerprint density at radius 1 is 1.18 bits per heavy atom. The van der Waals surface area contributed by atoms with Crippen molar-refractivity contribution in [2.24, 2.45) is 0 Å². The molecule has 0 aliphatic heterocycles. The van der Waals surface area contributed by atoms with Gasteiger partial charge in [0.05, 0.1) is 0 Å². The van der Waals surface area contributed by atoms with Gasteiger partial charge < -0.3 is 4.42 Å². The van der Waals surface area contributed by atoms with Crippen molar-refractivity contribution in [1.29, 1.82) is 5.26 Å². The van der Waals surface area contributed by atoms with Crippen LogP contribution in [0.5, 0.6) is 0 Å². The van der Waals surface area contributed by atoms with Crippen LogP contribution in [0.2, 0.25) is 10.0 Å². The van der Waals surface area contributed by atoms with Gasteiger partial charge in [-0.1, -0.05) is 57.3 Å². The fourth-order valence-corrected chi connectivity index (χ4v) is 4.53. The number of carbonyl (C=O) groups excluding carboxylic acids is 1. The topological polar surface area (TPSA) is 78.9 Å². The summed E-state index contributed by atoms with van der Waals surface area (Å²) in [5.74, 6) is 0.471. The molecule has 164 valence electrons. The Labute approximate surface area is 212 Å². The van der Waals surface area contributed by atoms with E-state index in [0.29, 0.717) is 33.1 Å². The molecule has 1 amide bonds. The van der Waals surface area contributed by atoms with Crippen LogP contribution in [0.15, 0.2) is 75.3 Å². The van der Waals surface area contributed by atoms with E-state index in [1.807, 2.05) is 36.4 Å². The maximum absolute atomic E-state index is 12.6. The van der Waals surface area contributed by atoms with E-state index >= 15 is 0 Å². The number of halogens is 3. The highest BCUT2D eigenvalue weighted by molar-refractivity contribution is 9.10. The van der Waals surface area contributed by atoms with Crippen molar-refractivity contribution in [3.63, 3.8) is 0 Å². The first-order valence-electron chi connectivity index (χ1n) is 9.59. The molecule has 0 aliphatic carbocycles. The smallest absolute Gasteiger partial charge is 0.268 e. The predicted octanol–water partition coefficient (Wildman–Crippen LogP) is 7.61. The van der Waals surface area contributed by atoms with Gasteiger partial charge in [-0.2, -0.15) is 5.26 Å². The number of furan rings is 1. The normalized spacial score (nSPS) is 11.3. The number of benzene rings is 2. The number of hydrogen-bond donors (Lipinski definition) is 1. The number of nitrogens with zero attached hydrogens (tertiary/aromatic N) is 2. The Bertz CT molecular complexity index is 1390. The minimum Gasteiger partial charge on any atom is -0.457 e. The number of nitrogens with one attached hydrogen (secondary N) is 1. The van der Waals surface area contributed by atoms with Crippen LogP contribution < -0.4 is 5.32 Å². The summed E-state index contributed by atoms with van der Waals surface area (Å²) in [6, 6.07) is 18.4. The monoisotopic (exact) mass is 557 g/mol. The maximum atomic E-state index is 12.6. The quantitative estimate of drug-likeness (QED) is 0.195. The number of thiazole rings is 1. The van der Waals surface area contributed by atoms with Crippen molar-refractivity contribution >= 4 is 67.6 Å². The van der Waals surface area contributed by atoms with Crippen LogP contribution in [-0.2, 0) is 11.2 Å². The van der Waals surface area contributed by atoms with Gasteiger partial charge in [-0.15, -0.1) is 11.3 Å². The molecule has 1 N–H and O–H groups in total. The molecule has 0 saturated carbocycles. The first-order valence-corrected chi connectivity index (χ1v) is 12.0. The van der Waals surface area contributed by atoms with E-state index < -0.39 is 5.91 Å². The molecular formula is C24H14BrCl2N3O2S. The second-order valence-electron chi connectivity index (χ2n) is 6.88. The molecular weight excluding hydrogens is 545 g/mol. The fraction of sp³-hybridized carbons (Fsp3) is 0.0417. The molecule has 0 aliphatic rings. The van der Waals surface area contributed by atoms with Crippen LogP contribution in [0.3, 0.4) is 0 Å². The third-order valence-electron chi connectivity index (χ3n) is 4.56. The third kappa shape index (κ3) is 5.92. The van der Waals surface area contributed by atoms with Crippen LogP contribution in [0.1, 0.15) is 16.2 Å². The van der Waals surface area contributed by atoms with E-state index in [0.717, 1.165) is 20.5 Å². The van der Waals surface area contributed by atoms with Gasteiger partial charge in [-0.25, -0.2) is 4.98 Å². The molecule has 4 aromatic rings. The molecule has 33 heavy (non-hydrogen) atoms. The Morgan fingerprint density at radius 2 is 1.97 bits per heavy atom. The highest BCUT2D eigenvalue weighted by Crippen LogP contribution is 2.28. The molecule has 0 bridgehead atoms. The second-order valence-corrected chi connectivity index (χ2v) is 9.75. The summed E-state index contributed by atoms with van der Waals surface area (Å²) in [4.78, 5) is 17.7. The van der Waals surface area contributed by atoms with Gasteiger partial charge in [-0.3, -0.25) is 10.1 Å². The molecule has 2 heterocycles. The SMILES string of the molecule is N#C/C(=C/c1ccc(-c2ccc(Br)cc2)o1)C(=O)Nc1ncc(Cc2ccc(Cl)cc2Cl)s1. The zero-order chi connectivity index (χ0) is 23.4. The number of amides is 1. The van der Waals surface area contributed by atoms with Gasteiger partial charge in [0.25, 0.3) is 5.91 Å². The van der Waals surface area contributed by atoms with E-state index in [4.69, 9.17) is 27.6 Å². The summed E-state index contributed by atoms with van der Waals surface area (Å²) >= 11 is 16.9. The Kier molecular flexibility index (Phi) is 7.31. The molecule has 0 unspecified atom stereocenters. The van der Waals surface area contributed by atoms with Crippen LogP contribution in [0.25, 0.3) is 17.4 Å². The minimum absolute atomic E-state index is 0.0933. The van der Waals surface area contributed by atoms with Crippen molar-refractivity contribution in [2.75, 3.05) is 5.32 Å². The Hall–Kier alpha value is -2.89. The van der Waals surface area contributed by atoms with E-state index in [9.17, 15) is 10.1 Å². The number of rotatable bonds is 6. The number of carbonyl (C=O) groups is 1. The van der Waals surface area contributed by atoms with E-state index in [-0.39, 0.29) is 5.57 Å². The van der Waals surface area contributed by atoms with E-state index in [2.05, 4.69) is 26.2 Å². The van der Waals surface area contributed by atoms with Gasteiger partial charge in [-0.05, 0) is 42.0 Å². The average molecular weight is 559 g/mol. The number of anilines is 1. The largest absolute Gasteiger partial charge is 0.457 e. The lowest BCUT2D eigenvalue weighted by Crippen LogP contribution is -2.13. The zero-order valence-corrected chi connectivity index (χ0v) is 20.7. The van der Waals surface area contributed by atoms with Crippen LogP contribution in [0, 0.1) is 11.3 Å². The summed E-state index contributed by atoms with van der Waals surface area (Å²) in [5.41, 5.74) is 1.70. The lowest BCUT2D eigenvalue weighted by molar-refractivity contribution is -0.112. The Balaban J connectivity index is 1.45. The summed E-state index contributed by atoms with van der Waals surface area (Å²) in [6.07, 6.45) is 3.62. The standard InChI is InChI=1S/C24H14BrCl2N3O2S/c25-17-4-1-14(2-5-17)22-8-7-19(32-22)9-16(12-28)23(31)30-24-29-13-20(33-24)10-15-3-6-18(26)11-21(15)27/h1-9,11,13H,10H2,(H,29,30,31)/b16-9-. The maximum Gasteiger partial charge on any atom is 0.268 e. The zero-order valence-electron chi connectivity index (χ0n) is 16.8. The van der Waals surface area contributed by atoms with Crippen molar-refractivity contribution in [1.82, 2.24) is 4.98 Å². The number of hydrogen-bond acceptors (Lipinski definition) is 5. The van der Waals surface area contributed by atoms with Gasteiger partial charge >= 0.3 is 0 Å². The summed E-state index contributed by atoms with van der Waals surface area (Å²) < 4.78 is 6.74. The van der Waals surface area contributed by atoms with Crippen LogP contribution in [-0.4, -0.2) is 10.9 Å². The molecule has 2 aromatic carbocycles. The van der Waals surface area contributed by atoms with Crippen LogP contribution in [0.4, 0.5) is 5.13 Å². The van der Waals surface area contributed by atoms with Crippen molar-refractivity contribution < 1.29 is 9.21 Å². The van der Waals surface area contributed by atoms with Gasteiger partial charge in [0.15, 0.2) is 5.13 Å². The molecule has 0 spiro atoms. The lowest BCUT2D eigenvalue weighted by atomic mass is 10.1. The fourth-order valence-electron chi connectivity index (χ4n) is 2.95. The molecule has 4 rings (SSSR count). The Morgan fingerprint density at radius 3 is 2.70 bits per heavy atom. The molecule has 0 fully saturated rings. The molecule has 0 atom stereocenters. The molecule has 9 heteroatoms. The van der Waals surface area contributed by atoms with Crippen molar-refractivity contribution in [3.05, 3.63) is 97.1 Å². The predicted molar refractivity (Wildman–Crippen MR) is 135 cm³/mol. The molecule has 0 saturated heterocycles. The summed E-state index contributed by atoms with van der Waals surface area (Å²) in [5, 5.41) is 13.7. The number of aromatic nitrogens is 1. The molecule has 0 radical (unpaired) electrons. The lowest BCUT2D eigenvalue weighted by Gasteiger charge is -2.02. The van der Waals surface area contributed by atoms with Gasteiger partial charge in [0, 0.05) is 43.7 Å². The van der Waals surface area contributed by atoms with Crippen LogP contribution >= 0.6 is 50.5 Å². The van der Waals surface area contributed by atoms with Crippen molar-refractivity contribution in [3.8, 4) is 17.4 Å². The summed E-state index contributed by atoms with van der Waals surface area (Å²) in [7, 11) is 0. The highest BCUT2D eigenvalue weighted by Gasteiger charge is 2.14. The average Bonchev–Trinajstić information content (AvgIpc) is 3.44. The molecule has 5 nitrogen and oxygen atoms in total. The van der Waals surface area contributed by atoms with Gasteiger partial charge in [0.2, 0.25) is 0 Å². The van der Waals surface area contributed by atoms with Crippen molar-refractivity contribution in [2.45, 2.75) is 6.42 Å². The first-order chi connectivity index (χ1) is 15.9. The van der Waals surface area contributed by atoms with E-state index in [1.165, 1.54) is 17.4 Å². The highest BCUT2D eigenvalue weighted by atomic mass is 79.9. The second kappa shape index (κ2) is 10.4. The van der Waals surface area contributed by atoms with Gasteiger partial charge in [0.1, 0.15) is 23.2 Å². The van der Waals surface area contributed by atoms with E-state index in [1.54, 1.807) is 30.5 Å². The molecule has 2 aromatic heterocycles. The first kappa shape index (κ1) is 23.3. The number of nitriles is 1.